The van der Waals surface area contributed by atoms with Crippen LogP contribution in [0.1, 0.15) is 5.82 Å². The molecule has 0 bridgehead atoms. The van der Waals surface area contributed by atoms with Gasteiger partial charge in [-0.3, -0.25) is 4.57 Å². The highest BCUT2D eigenvalue weighted by molar-refractivity contribution is 6.35. The lowest BCUT2D eigenvalue weighted by molar-refractivity contribution is 0.629. The minimum absolute atomic E-state index is 0.0115. The fraction of sp³-hybridized carbons (Fsp3) is 0.0714. The van der Waals surface area contributed by atoms with Crippen LogP contribution in [0.4, 0.5) is 4.39 Å². The minimum Gasteiger partial charge on any atom is -0.295 e. The van der Waals surface area contributed by atoms with Crippen LogP contribution in [0.2, 0.25) is 15.1 Å². The van der Waals surface area contributed by atoms with Gasteiger partial charge in [-0.2, -0.15) is 0 Å². The summed E-state index contributed by atoms with van der Waals surface area (Å²) in [6, 6.07) is 7.80. The van der Waals surface area contributed by atoms with Gasteiger partial charge < -0.3 is 0 Å². The van der Waals surface area contributed by atoms with Gasteiger partial charge in [0.25, 0.3) is 0 Å². The number of alkyl halides is 1. The first-order chi connectivity index (χ1) is 9.99. The van der Waals surface area contributed by atoms with E-state index in [9.17, 15) is 4.39 Å². The molecule has 0 aliphatic rings. The third kappa shape index (κ3) is 2.71. The zero-order chi connectivity index (χ0) is 15.1. The lowest BCUT2D eigenvalue weighted by atomic mass is 10.2. The maximum atomic E-state index is 13.8. The first-order valence-corrected chi connectivity index (χ1v) is 7.55. The van der Waals surface area contributed by atoms with Gasteiger partial charge in [0.1, 0.15) is 11.6 Å². The lowest BCUT2D eigenvalue weighted by Gasteiger charge is -2.09. The molecule has 0 aliphatic carbocycles. The van der Waals surface area contributed by atoms with E-state index in [2.05, 4.69) is 4.98 Å². The highest BCUT2D eigenvalue weighted by Gasteiger charge is 2.15. The Hall–Kier alpha value is -1.000. The average molecular weight is 364 g/mol. The summed E-state index contributed by atoms with van der Waals surface area (Å²) in [6.45, 7) is 0. The van der Waals surface area contributed by atoms with E-state index in [1.54, 1.807) is 22.8 Å². The molecule has 0 saturated heterocycles. The van der Waals surface area contributed by atoms with Crippen LogP contribution in [0.25, 0.3) is 16.7 Å². The van der Waals surface area contributed by atoms with Gasteiger partial charge in [-0.1, -0.05) is 34.8 Å². The fourth-order valence-corrected chi connectivity index (χ4v) is 3.02. The molecule has 0 saturated carbocycles. The predicted molar refractivity (Wildman–Crippen MR) is 85.6 cm³/mol. The maximum Gasteiger partial charge on any atom is 0.144 e. The van der Waals surface area contributed by atoms with E-state index in [-0.39, 0.29) is 10.9 Å². The number of aromatic nitrogens is 2. The SMILES string of the molecule is Fc1cc2c(cc1Cl)nc(CCl)n2-c1cc(Cl)cc(Cl)c1. The van der Waals surface area contributed by atoms with Crippen molar-refractivity contribution in [2.24, 2.45) is 0 Å². The van der Waals surface area contributed by atoms with Crippen LogP contribution >= 0.6 is 46.4 Å². The summed E-state index contributed by atoms with van der Waals surface area (Å²) in [6.07, 6.45) is 0. The lowest BCUT2D eigenvalue weighted by Crippen LogP contribution is -1.99. The molecule has 0 atom stereocenters. The smallest absolute Gasteiger partial charge is 0.144 e. The van der Waals surface area contributed by atoms with E-state index in [1.807, 2.05) is 0 Å². The number of rotatable bonds is 2. The molecule has 2 nitrogen and oxygen atoms in total. The second-order valence-corrected chi connectivity index (χ2v) is 5.93. The number of imidazole rings is 1. The molecule has 21 heavy (non-hydrogen) atoms. The van der Waals surface area contributed by atoms with Gasteiger partial charge >= 0.3 is 0 Å². The van der Waals surface area contributed by atoms with E-state index in [4.69, 9.17) is 46.4 Å². The number of hydrogen-bond donors (Lipinski definition) is 0. The van der Waals surface area contributed by atoms with Gasteiger partial charge in [0.05, 0.1) is 27.6 Å². The molecule has 7 heteroatoms. The molecular formula is C14H7Cl4FN2. The fourth-order valence-electron chi connectivity index (χ4n) is 2.17. The van der Waals surface area contributed by atoms with Crippen molar-refractivity contribution < 1.29 is 4.39 Å². The highest BCUT2D eigenvalue weighted by atomic mass is 35.5. The molecule has 108 valence electrons. The molecule has 1 heterocycles. The standard InChI is InChI=1S/C14H7Cl4FN2/c15-6-14-20-12-4-10(18)11(19)5-13(12)21(14)9-2-7(16)1-8(17)3-9/h1-5H,6H2. The van der Waals surface area contributed by atoms with Crippen molar-refractivity contribution in [3.8, 4) is 5.69 Å². The summed E-state index contributed by atoms with van der Waals surface area (Å²) in [4.78, 5) is 4.36. The summed E-state index contributed by atoms with van der Waals surface area (Å²) >= 11 is 23.8. The zero-order valence-electron chi connectivity index (χ0n) is 10.4. The van der Waals surface area contributed by atoms with Gasteiger partial charge in [-0.05, 0) is 24.3 Å². The van der Waals surface area contributed by atoms with Crippen LogP contribution in [-0.4, -0.2) is 9.55 Å². The number of nitrogens with zero attached hydrogens (tertiary/aromatic N) is 2. The van der Waals surface area contributed by atoms with E-state index in [0.29, 0.717) is 32.6 Å². The quantitative estimate of drug-likeness (QED) is 0.521. The monoisotopic (exact) mass is 362 g/mol. The summed E-state index contributed by atoms with van der Waals surface area (Å²) in [7, 11) is 0. The van der Waals surface area contributed by atoms with Crippen molar-refractivity contribution in [2.75, 3.05) is 0 Å². The second kappa shape index (κ2) is 5.65. The molecule has 0 radical (unpaired) electrons. The molecule has 2 aromatic carbocycles. The first-order valence-electron chi connectivity index (χ1n) is 5.88. The first kappa shape index (κ1) is 14.9. The highest BCUT2D eigenvalue weighted by Crippen LogP contribution is 2.29. The van der Waals surface area contributed by atoms with E-state index < -0.39 is 5.82 Å². The van der Waals surface area contributed by atoms with Crippen LogP contribution in [-0.2, 0) is 5.88 Å². The van der Waals surface area contributed by atoms with Gasteiger partial charge in [-0.25, -0.2) is 9.37 Å². The third-order valence-electron chi connectivity index (χ3n) is 2.99. The Bertz CT molecular complexity index is 824. The molecule has 0 fully saturated rings. The van der Waals surface area contributed by atoms with Crippen molar-refractivity contribution in [1.82, 2.24) is 9.55 Å². The second-order valence-electron chi connectivity index (χ2n) is 4.38. The summed E-state index contributed by atoms with van der Waals surface area (Å²) < 4.78 is 15.5. The normalized spacial score (nSPS) is 11.3. The molecular weight excluding hydrogens is 357 g/mol. The number of hydrogen-bond acceptors (Lipinski definition) is 1. The molecule has 1 aromatic heterocycles. The van der Waals surface area contributed by atoms with Crippen LogP contribution in [0.5, 0.6) is 0 Å². The van der Waals surface area contributed by atoms with Gasteiger partial charge in [0, 0.05) is 16.1 Å². The van der Waals surface area contributed by atoms with E-state index >= 15 is 0 Å². The number of fused-ring (bicyclic) bond motifs is 1. The van der Waals surface area contributed by atoms with E-state index in [0.717, 1.165) is 0 Å². The van der Waals surface area contributed by atoms with Crippen molar-refractivity contribution in [1.29, 1.82) is 0 Å². The van der Waals surface area contributed by atoms with Crippen LogP contribution in [0.15, 0.2) is 30.3 Å². The number of benzene rings is 2. The molecule has 0 amide bonds. The van der Waals surface area contributed by atoms with Gasteiger partial charge in [0.2, 0.25) is 0 Å². The molecule has 0 N–H and O–H groups in total. The summed E-state index contributed by atoms with van der Waals surface area (Å²) in [5.41, 5.74) is 1.76. The summed E-state index contributed by atoms with van der Waals surface area (Å²) in [5, 5.41) is 0.945. The maximum absolute atomic E-state index is 13.8. The topological polar surface area (TPSA) is 17.8 Å². The zero-order valence-corrected chi connectivity index (χ0v) is 13.4. The molecule has 0 aliphatic heterocycles. The Morgan fingerprint density at radius 3 is 2.29 bits per heavy atom. The third-order valence-corrected chi connectivity index (χ3v) is 3.96. The van der Waals surface area contributed by atoms with Crippen molar-refractivity contribution in [3.63, 3.8) is 0 Å². The van der Waals surface area contributed by atoms with E-state index in [1.165, 1.54) is 12.1 Å². The molecule has 0 spiro atoms. The summed E-state index contributed by atoms with van der Waals surface area (Å²) in [5.74, 6) is 0.171. The van der Waals surface area contributed by atoms with Crippen LogP contribution in [0, 0.1) is 5.82 Å². The molecule has 0 unspecified atom stereocenters. The predicted octanol–water partition coefficient (Wildman–Crippen LogP) is 5.86. The Balaban J connectivity index is 2.36. The van der Waals surface area contributed by atoms with Crippen molar-refractivity contribution >= 4 is 57.4 Å². The Morgan fingerprint density at radius 1 is 1.00 bits per heavy atom. The van der Waals surface area contributed by atoms with Crippen LogP contribution < -0.4 is 0 Å². The minimum atomic E-state index is -0.528. The average Bonchev–Trinajstić information content (AvgIpc) is 2.75. The molecule has 3 aromatic rings. The van der Waals surface area contributed by atoms with Crippen molar-refractivity contribution in [3.05, 3.63) is 57.0 Å². The molecule has 3 rings (SSSR count). The Morgan fingerprint density at radius 2 is 1.67 bits per heavy atom. The van der Waals surface area contributed by atoms with Crippen molar-refractivity contribution in [2.45, 2.75) is 5.88 Å². The van der Waals surface area contributed by atoms with Gasteiger partial charge in [0.15, 0.2) is 0 Å². The Kier molecular flexibility index (Phi) is 4.02. The van der Waals surface area contributed by atoms with Crippen LogP contribution in [0.3, 0.4) is 0 Å². The number of halogens is 5. The Labute approximate surface area is 140 Å². The largest absolute Gasteiger partial charge is 0.295 e. The van der Waals surface area contributed by atoms with Gasteiger partial charge in [-0.15, -0.1) is 11.6 Å².